The first kappa shape index (κ1) is 15.8. The lowest BCUT2D eigenvalue weighted by Crippen LogP contribution is -2.18. The third-order valence-electron chi connectivity index (χ3n) is 3.61. The number of nitrogens with two attached hydrogens (primary N) is 1. The SMILES string of the molecule is COc1ccc2cc(C(CCC(N)=O)C(=O)O)c(C)nc2c1. The van der Waals surface area contributed by atoms with E-state index >= 15 is 0 Å². The van der Waals surface area contributed by atoms with Gasteiger partial charge in [-0.2, -0.15) is 0 Å². The molecule has 1 heterocycles. The summed E-state index contributed by atoms with van der Waals surface area (Å²) in [6.45, 7) is 1.76. The second-order valence-electron chi connectivity index (χ2n) is 5.12. The molecule has 2 rings (SSSR count). The molecule has 0 aliphatic carbocycles. The first-order valence-corrected chi connectivity index (χ1v) is 6.88. The van der Waals surface area contributed by atoms with Crippen LogP contribution in [0, 0.1) is 6.92 Å². The average Bonchev–Trinajstić information content (AvgIpc) is 2.46. The van der Waals surface area contributed by atoms with Crippen molar-refractivity contribution in [2.24, 2.45) is 5.73 Å². The fraction of sp³-hybridized carbons (Fsp3) is 0.312. The van der Waals surface area contributed by atoms with Crippen LogP contribution in [0.1, 0.15) is 30.0 Å². The van der Waals surface area contributed by atoms with Crippen molar-refractivity contribution in [3.63, 3.8) is 0 Å². The normalized spacial score (nSPS) is 12.1. The zero-order valence-electron chi connectivity index (χ0n) is 12.5. The maximum atomic E-state index is 11.5. The number of aliphatic carboxylic acids is 1. The van der Waals surface area contributed by atoms with E-state index in [4.69, 9.17) is 10.5 Å². The quantitative estimate of drug-likeness (QED) is 0.849. The van der Waals surface area contributed by atoms with Gasteiger partial charge in [-0.3, -0.25) is 14.6 Å². The largest absolute Gasteiger partial charge is 0.497 e. The number of hydrogen-bond acceptors (Lipinski definition) is 4. The van der Waals surface area contributed by atoms with Crippen molar-refractivity contribution >= 4 is 22.8 Å². The topological polar surface area (TPSA) is 103 Å². The van der Waals surface area contributed by atoms with Crippen LogP contribution in [0.25, 0.3) is 10.9 Å². The van der Waals surface area contributed by atoms with Crippen LogP contribution in [0.5, 0.6) is 5.75 Å². The number of carboxylic acid groups (broad SMARTS) is 1. The number of carbonyl (C=O) groups is 2. The number of carbonyl (C=O) groups excluding carboxylic acids is 1. The molecule has 6 nitrogen and oxygen atoms in total. The average molecular weight is 302 g/mol. The number of rotatable bonds is 6. The van der Waals surface area contributed by atoms with Gasteiger partial charge in [0.25, 0.3) is 0 Å². The van der Waals surface area contributed by atoms with Gasteiger partial charge in [-0.25, -0.2) is 0 Å². The number of ether oxygens (including phenoxy) is 1. The molecule has 0 aliphatic rings. The van der Waals surface area contributed by atoms with Crippen molar-refractivity contribution < 1.29 is 19.4 Å². The van der Waals surface area contributed by atoms with Crippen LogP contribution in [0.3, 0.4) is 0 Å². The highest BCUT2D eigenvalue weighted by Gasteiger charge is 2.23. The van der Waals surface area contributed by atoms with Crippen LogP contribution in [0.15, 0.2) is 24.3 Å². The van der Waals surface area contributed by atoms with E-state index in [0.717, 1.165) is 10.9 Å². The van der Waals surface area contributed by atoms with Crippen LogP contribution in [0.4, 0.5) is 0 Å². The molecule has 0 fully saturated rings. The molecular weight excluding hydrogens is 284 g/mol. The van der Waals surface area contributed by atoms with Gasteiger partial charge >= 0.3 is 5.97 Å². The molecule has 0 spiro atoms. The maximum Gasteiger partial charge on any atom is 0.311 e. The Morgan fingerprint density at radius 3 is 2.68 bits per heavy atom. The molecule has 1 atom stereocenters. The minimum Gasteiger partial charge on any atom is -0.497 e. The smallest absolute Gasteiger partial charge is 0.311 e. The van der Waals surface area contributed by atoms with Gasteiger partial charge in [0, 0.05) is 23.6 Å². The molecule has 0 aliphatic heterocycles. The highest BCUT2D eigenvalue weighted by Crippen LogP contribution is 2.28. The Kier molecular flexibility index (Phi) is 4.60. The summed E-state index contributed by atoms with van der Waals surface area (Å²) in [7, 11) is 1.58. The summed E-state index contributed by atoms with van der Waals surface area (Å²) in [6.07, 6.45) is 0.186. The Morgan fingerprint density at radius 2 is 2.09 bits per heavy atom. The molecule has 1 unspecified atom stereocenters. The molecule has 6 heteroatoms. The molecule has 1 amide bonds. The summed E-state index contributed by atoms with van der Waals surface area (Å²) in [5, 5.41) is 10.2. The zero-order valence-corrected chi connectivity index (χ0v) is 12.5. The van der Waals surface area contributed by atoms with Crippen LogP contribution in [0.2, 0.25) is 0 Å². The Morgan fingerprint density at radius 1 is 1.36 bits per heavy atom. The first-order valence-electron chi connectivity index (χ1n) is 6.88. The van der Waals surface area contributed by atoms with Gasteiger partial charge in [-0.15, -0.1) is 0 Å². The standard InChI is InChI=1S/C16H18N2O4/c1-9-13(12(16(20)21)5-6-15(17)19)7-10-3-4-11(22-2)8-14(10)18-9/h3-4,7-8,12H,5-6H2,1-2H3,(H2,17,19)(H,20,21). The lowest BCUT2D eigenvalue weighted by atomic mass is 9.92. The number of aryl methyl sites for hydroxylation is 1. The van der Waals surface area contributed by atoms with E-state index in [1.54, 1.807) is 32.2 Å². The molecule has 0 bridgehead atoms. The van der Waals surface area contributed by atoms with Gasteiger partial charge in [0.2, 0.25) is 5.91 Å². The summed E-state index contributed by atoms with van der Waals surface area (Å²) < 4.78 is 5.16. The van der Waals surface area contributed by atoms with E-state index in [1.807, 2.05) is 6.07 Å². The number of carboxylic acids is 1. The molecule has 22 heavy (non-hydrogen) atoms. The lowest BCUT2D eigenvalue weighted by Gasteiger charge is -2.15. The number of benzene rings is 1. The van der Waals surface area contributed by atoms with Gasteiger partial charge < -0.3 is 15.6 Å². The van der Waals surface area contributed by atoms with Crippen LogP contribution < -0.4 is 10.5 Å². The van der Waals surface area contributed by atoms with Gasteiger partial charge in [-0.1, -0.05) is 0 Å². The van der Waals surface area contributed by atoms with Crippen molar-refractivity contribution in [2.45, 2.75) is 25.7 Å². The summed E-state index contributed by atoms with van der Waals surface area (Å²) in [5.74, 6) is -1.61. The van der Waals surface area contributed by atoms with Gasteiger partial charge in [0.1, 0.15) is 5.75 Å². The van der Waals surface area contributed by atoms with Crippen molar-refractivity contribution in [2.75, 3.05) is 7.11 Å². The van der Waals surface area contributed by atoms with Gasteiger partial charge in [0.05, 0.1) is 18.5 Å². The summed E-state index contributed by atoms with van der Waals surface area (Å²) in [6, 6.07) is 7.22. The monoisotopic (exact) mass is 302 g/mol. The fourth-order valence-electron chi connectivity index (χ4n) is 2.44. The van der Waals surface area contributed by atoms with E-state index in [-0.39, 0.29) is 12.8 Å². The summed E-state index contributed by atoms with van der Waals surface area (Å²) in [5.41, 5.74) is 7.08. The summed E-state index contributed by atoms with van der Waals surface area (Å²) in [4.78, 5) is 26.9. The third-order valence-corrected chi connectivity index (χ3v) is 3.61. The Labute approximate surface area is 127 Å². The van der Waals surface area contributed by atoms with Crippen LogP contribution in [-0.4, -0.2) is 29.1 Å². The molecule has 116 valence electrons. The van der Waals surface area contributed by atoms with Crippen molar-refractivity contribution in [3.05, 3.63) is 35.5 Å². The van der Waals surface area contributed by atoms with Crippen molar-refractivity contribution in [3.8, 4) is 5.75 Å². The molecular formula is C16H18N2O4. The maximum absolute atomic E-state index is 11.5. The molecule has 1 aromatic heterocycles. The molecule has 1 aromatic carbocycles. The minimum absolute atomic E-state index is 0.0249. The Hall–Kier alpha value is -2.63. The Bertz CT molecular complexity index is 727. The van der Waals surface area contributed by atoms with E-state index in [2.05, 4.69) is 4.98 Å². The number of fused-ring (bicyclic) bond motifs is 1. The number of hydrogen-bond donors (Lipinski definition) is 2. The number of pyridine rings is 1. The highest BCUT2D eigenvalue weighted by atomic mass is 16.5. The second-order valence-corrected chi connectivity index (χ2v) is 5.12. The van der Waals surface area contributed by atoms with E-state index < -0.39 is 17.8 Å². The van der Waals surface area contributed by atoms with Crippen molar-refractivity contribution in [1.29, 1.82) is 0 Å². The van der Waals surface area contributed by atoms with E-state index in [9.17, 15) is 14.7 Å². The minimum atomic E-state index is -0.987. The molecule has 0 radical (unpaired) electrons. The lowest BCUT2D eigenvalue weighted by molar-refractivity contribution is -0.139. The van der Waals surface area contributed by atoms with E-state index in [1.165, 1.54) is 0 Å². The fourth-order valence-corrected chi connectivity index (χ4v) is 2.44. The predicted molar refractivity (Wildman–Crippen MR) is 81.8 cm³/mol. The summed E-state index contributed by atoms with van der Waals surface area (Å²) >= 11 is 0. The van der Waals surface area contributed by atoms with E-state index in [0.29, 0.717) is 17.0 Å². The predicted octanol–water partition coefficient (Wildman–Crippen LogP) is 1.99. The molecule has 0 saturated carbocycles. The number of methoxy groups -OCH3 is 1. The van der Waals surface area contributed by atoms with Crippen LogP contribution >= 0.6 is 0 Å². The zero-order chi connectivity index (χ0) is 16.3. The number of nitrogens with zero attached hydrogens (tertiary/aromatic N) is 1. The second kappa shape index (κ2) is 6.43. The van der Waals surface area contributed by atoms with Gasteiger partial charge in [0.15, 0.2) is 0 Å². The van der Waals surface area contributed by atoms with Crippen LogP contribution in [-0.2, 0) is 9.59 Å². The molecule has 0 saturated heterocycles. The van der Waals surface area contributed by atoms with Gasteiger partial charge in [-0.05, 0) is 37.1 Å². The number of aromatic nitrogens is 1. The molecule has 2 aromatic rings. The third kappa shape index (κ3) is 3.33. The van der Waals surface area contributed by atoms with Crippen molar-refractivity contribution in [1.82, 2.24) is 4.98 Å². The molecule has 3 N–H and O–H groups in total. The highest BCUT2D eigenvalue weighted by molar-refractivity contribution is 5.84. The number of primary amides is 1. The number of amides is 1. The first-order chi connectivity index (χ1) is 10.4. The Balaban J connectivity index is 2.46.